The van der Waals surface area contributed by atoms with Crippen LogP contribution in [0, 0.1) is 5.82 Å². The highest BCUT2D eigenvalue weighted by molar-refractivity contribution is 6.33. The smallest absolute Gasteiger partial charge is 0.256 e. The predicted octanol–water partition coefficient (Wildman–Crippen LogP) is 3.98. The van der Waals surface area contributed by atoms with E-state index < -0.39 is 0 Å². The first-order valence-corrected chi connectivity index (χ1v) is 7.86. The molecule has 0 aliphatic carbocycles. The number of amides is 1. The van der Waals surface area contributed by atoms with Crippen LogP contribution < -0.4 is 10.1 Å². The van der Waals surface area contributed by atoms with E-state index in [1.54, 1.807) is 54.4 Å². The molecule has 0 saturated heterocycles. The quantitative estimate of drug-likeness (QED) is 0.749. The van der Waals surface area contributed by atoms with Crippen LogP contribution in [0.4, 0.5) is 10.2 Å². The van der Waals surface area contributed by atoms with E-state index in [4.69, 9.17) is 16.3 Å². The van der Waals surface area contributed by atoms with Gasteiger partial charge in [-0.25, -0.2) is 4.39 Å². The molecule has 1 heterocycles. The topological polar surface area (TPSA) is 56.1 Å². The Morgan fingerprint density at radius 1 is 1.20 bits per heavy atom. The number of carbonyl (C=O) groups is 1. The second kappa shape index (κ2) is 7.36. The van der Waals surface area contributed by atoms with Gasteiger partial charge in [0.25, 0.3) is 5.91 Å². The van der Waals surface area contributed by atoms with Crippen LogP contribution in [-0.2, 0) is 6.54 Å². The number of aromatic nitrogens is 2. The van der Waals surface area contributed by atoms with Crippen molar-refractivity contribution in [2.24, 2.45) is 0 Å². The molecule has 0 aliphatic heterocycles. The zero-order chi connectivity index (χ0) is 17.8. The number of carbonyl (C=O) groups excluding carboxylic acids is 1. The first-order valence-electron chi connectivity index (χ1n) is 7.48. The molecule has 0 saturated carbocycles. The number of anilines is 1. The first kappa shape index (κ1) is 17.0. The van der Waals surface area contributed by atoms with Crippen molar-refractivity contribution in [3.8, 4) is 5.75 Å². The van der Waals surface area contributed by atoms with Gasteiger partial charge in [0.1, 0.15) is 16.6 Å². The maximum absolute atomic E-state index is 12.9. The molecule has 128 valence electrons. The minimum atomic E-state index is -0.323. The molecule has 3 rings (SSSR count). The van der Waals surface area contributed by atoms with Gasteiger partial charge in [0.2, 0.25) is 0 Å². The molecule has 5 nitrogen and oxygen atoms in total. The zero-order valence-corrected chi connectivity index (χ0v) is 14.1. The van der Waals surface area contributed by atoms with Crippen molar-refractivity contribution in [2.45, 2.75) is 6.54 Å². The number of ether oxygens (including phenoxy) is 1. The summed E-state index contributed by atoms with van der Waals surface area (Å²) < 4.78 is 19.6. The number of hydrogen-bond acceptors (Lipinski definition) is 3. The van der Waals surface area contributed by atoms with Crippen molar-refractivity contribution in [3.63, 3.8) is 0 Å². The molecule has 7 heteroatoms. The van der Waals surface area contributed by atoms with E-state index in [0.29, 0.717) is 22.9 Å². The van der Waals surface area contributed by atoms with Crippen LogP contribution in [-0.4, -0.2) is 22.8 Å². The Morgan fingerprint density at radius 2 is 1.88 bits per heavy atom. The van der Waals surface area contributed by atoms with Crippen molar-refractivity contribution in [1.82, 2.24) is 9.78 Å². The molecule has 2 aromatic carbocycles. The van der Waals surface area contributed by atoms with Crippen molar-refractivity contribution in [1.29, 1.82) is 0 Å². The molecule has 0 unspecified atom stereocenters. The van der Waals surface area contributed by atoms with Crippen LogP contribution in [0.5, 0.6) is 5.75 Å². The summed E-state index contributed by atoms with van der Waals surface area (Å²) in [6, 6.07) is 12.8. The van der Waals surface area contributed by atoms with Gasteiger partial charge in [-0.3, -0.25) is 9.48 Å². The average molecular weight is 360 g/mol. The lowest BCUT2D eigenvalue weighted by Crippen LogP contribution is -2.13. The van der Waals surface area contributed by atoms with Crippen molar-refractivity contribution >= 4 is 23.3 Å². The van der Waals surface area contributed by atoms with Gasteiger partial charge in [-0.1, -0.05) is 23.7 Å². The average Bonchev–Trinajstić information content (AvgIpc) is 2.96. The Bertz CT molecular complexity index is 876. The number of methoxy groups -OCH3 is 1. The van der Waals surface area contributed by atoms with Gasteiger partial charge in [-0.05, 0) is 42.0 Å². The molecule has 1 aromatic heterocycles. The lowest BCUT2D eigenvalue weighted by atomic mass is 10.2. The van der Waals surface area contributed by atoms with Gasteiger partial charge in [0.05, 0.1) is 13.7 Å². The number of hydrogen-bond donors (Lipinski definition) is 1. The van der Waals surface area contributed by atoms with E-state index in [2.05, 4.69) is 10.4 Å². The molecule has 25 heavy (non-hydrogen) atoms. The molecule has 0 spiro atoms. The summed E-state index contributed by atoms with van der Waals surface area (Å²) in [6.45, 7) is 0.415. The summed E-state index contributed by atoms with van der Waals surface area (Å²) in [5.41, 5.74) is 1.33. The highest BCUT2D eigenvalue weighted by Crippen LogP contribution is 2.21. The predicted molar refractivity (Wildman–Crippen MR) is 93.7 cm³/mol. The molecule has 0 bridgehead atoms. The number of nitrogens with zero attached hydrogens (tertiary/aromatic N) is 2. The van der Waals surface area contributed by atoms with Crippen LogP contribution in [0.3, 0.4) is 0 Å². The third kappa shape index (κ3) is 4.16. The van der Waals surface area contributed by atoms with Gasteiger partial charge in [-0.2, -0.15) is 5.10 Å². The SMILES string of the molecule is COc1ccc(C(=O)Nc2nn(Cc3ccc(F)cc3)cc2Cl)cc1. The highest BCUT2D eigenvalue weighted by atomic mass is 35.5. The fraction of sp³-hybridized carbons (Fsp3) is 0.111. The summed E-state index contributed by atoms with van der Waals surface area (Å²) in [5.74, 6) is 0.314. The molecule has 1 amide bonds. The van der Waals surface area contributed by atoms with E-state index in [9.17, 15) is 9.18 Å². The molecule has 0 fully saturated rings. The van der Waals surface area contributed by atoms with Gasteiger partial charge >= 0.3 is 0 Å². The second-order valence-corrected chi connectivity index (χ2v) is 5.74. The summed E-state index contributed by atoms with van der Waals surface area (Å²) >= 11 is 6.14. The summed E-state index contributed by atoms with van der Waals surface area (Å²) in [4.78, 5) is 12.3. The number of benzene rings is 2. The molecular weight excluding hydrogens is 345 g/mol. The molecular formula is C18H15ClFN3O2. The minimum Gasteiger partial charge on any atom is -0.497 e. The van der Waals surface area contributed by atoms with Crippen LogP contribution in [0.25, 0.3) is 0 Å². The van der Waals surface area contributed by atoms with Crippen molar-refractivity contribution < 1.29 is 13.9 Å². The Morgan fingerprint density at radius 3 is 2.52 bits per heavy atom. The fourth-order valence-corrected chi connectivity index (χ4v) is 2.46. The Hall–Kier alpha value is -2.86. The van der Waals surface area contributed by atoms with Crippen LogP contribution in [0.2, 0.25) is 5.02 Å². The lowest BCUT2D eigenvalue weighted by Gasteiger charge is -2.04. The van der Waals surface area contributed by atoms with E-state index in [1.807, 2.05) is 0 Å². The van der Waals surface area contributed by atoms with Crippen molar-refractivity contribution in [2.75, 3.05) is 12.4 Å². The summed E-state index contributed by atoms with van der Waals surface area (Å²) in [6.07, 6.45) is 1.61. The van der Waals surface area contributed by atoms with Gasteiger partial charge in [0.15, 0.2) is 5.82 Å². The minimum absolute atomic E-state index is 0.268. The van der Waals surface area contributed by atoms with Gasteiger partial charge in [0, 0.05) is 11.8 Å². The fourth-order valence-electron chi connectivity index (χ4n) is 2.26. The van der Waals surface area contributed by atoms with E-state index in [0.717, 1.165) is 5.56 Å². The Kier molecular flexibility index (Phi) is 5.00. The third-order valence-corrected chi connectivity index (χ3v) is 3.84. The maximum Gasteiger partial charge on any atom is 0.256 e. The maximum atomic E-state index is 12.9. The Balaban J connectivity index is 1.71. The van der Waals surface area contributed by atoms with E-state index >= 15 is 0 Å². The normalized spacial score (nSPS) is 10.5. The molecule has 1 N–H and O–H groups in total. The molecule has 0 aliphatic rings. The number of halogens is 2. The standard InChI is InChI=1S/C18H15ClFN3O2/c1-25-15-8-4-13(5-9-15)18(24)21-17-16(19)11-23(22-17)10-12-2-6-14(20)7-3-12/h2-9,11H,10H2,1H3,(H,21,22,24). The molecule has 0 radical (unpaired) electrons. The second-order valence-electron chi connectivity index (χ2n) is 5.33. The number of nitrogens with one attached hydrogen (secondary N) is 1. The number of rotatable bonds is 5. The summed E-state index contributed by atoms with van der Waals surface area (Å²) in [5, 5.41) is 7.26. The van der Waals surface area contributed by atoms with Crippen LogP contribution in [0.1, 0.15) is 15.9 Å². The van der Waals surface area contributed by atoms with E-state index in [1.165, 1.54) is 12.1 Å². The Labute approximate surface area is 149 Å². The monoisotopic (exact) mass is 359 g/mol. The van der Waals surface area contributed by atoms with Gasteiger partial charge in [-0.15, -0.1) is 0 Å². The molecule has 0 atom stereocenters. The van der Waals surface area contributed by atoms with Crippen LogP contribution >= 0.6 is 11.6 Å². The van der Waals surface area contributed by atoms with Crippen molar-refractivity contribution in [3.05, 3.63) is 76.7 Å². The third-order valence-electron chi connectivity index (χ3n) is 3.56. The zero-order valence-electron chi connectivity index (χ0n) is 13.4. The summed E-state index contributed by atoms with van der Waals surface area (Å²) in [7, 11) is 1.56. The lowest BCUT2D eigenvalue weighted by molar-refractivity contribution is 0.102. The van der Waals surface area contributed by atoms with Gasteiger partial charge < -0.3 is 10.1 Å². The highest BCUT2D eigenvalue weighted by Gasteiger charge is 2.12. The molecule has 3 aromatic rings. The largest absolute Gasteiger partial charge is 0.497 e. The first-order chi connectivity index (χ1) is 12.0. The van der Waals surface area contributed by atoms with Crippen LogP contribution in [0.15, 0.2) is 54.7 Å². The van der Waals surface area contributed by atoms with E-state index in [-0.39, 0.29) is 17.5 Å².